The van der Waals surface area contributed by atoms with Gasteiger partial charge in [-0.15, -0.1) is 0 Å². The fourth-order valence-electron chi connectivity index (χ4n) is 2.61. The van der Waals surface area contributed by atoms with Crippen molar-refractivity contribution in [1.29, 1.82) is 0 Å². The van der Waals surface area contributed by atoms with Gasteiger partial charge in [0.05, 0.1) is 13.7 Å². The molecule has 0 radical (unpaired) electrons. The van der Waals surface area contributed by atoms with Crippen LogP contribution in [-0.4, -0.2) is 44.9 Å². The minimum atomic E-state index is 0.0399. The maximum Gasteiger partial charge on any atom is 0.191 e. The summed E-state index contributed by atoms with van der Waals surface area (Å²) in [5.74, 6) is 1.64. The summed E-state index contributed by atoms with van der Waals surface area (Å²) >= 11 is 0. The van der Waals surface area contributed by atoms with E-state index in [0.29, 0.717) is 6.54 Å². The molecule has 1 atom stereocenters. The molecule has 5 nitrogen and oxygen atoms in total. The molecule has 0 aliphatic heterocycles. The molecule has 3 N–H and O–H groups in total. The molecule has 0 fully saturated rings. The van der Waals surface area contributed by atoms with Gasteiger partial charge in [-0.2, -0.15) is 0 Å². The molecule has 2 aromatic carbocycles. The summed E-state index contributed by atoms with van der Waals surface area (Å²) in [5.41, 5.74) is 2.32. The first-order valence-electron chi connectivity index (χ1n) is 8.50. The van der Waals surface area contributed by atoms with Gasteiger partial charge in [0.25, 0.3) is 0 Å². The number of aliphatic imine (C=N–C) groups is 1. The van der Waals surface area contributed by atoms with Crippen LogP contribution in [0.1, 0.15) is 17.0 Å². The number of nitrogens with zero attached hydrogens (tertiary/aromatic N) is 1. The van der Waals surface area contributed by atoms with Crippen molar-refractivity contribution in [3.8, 4) is 5.75 Å². The van der Waals surface area contributed by atoms with Gasteiger partial charge in [0, 0.05) is 26.1 Å². The lowest BCUT2D eigenvalue weighted by atomic mass is 10.0. The Hall–Kier alpha value is -2.53. The van der Waals surface area contributed by atoms with Gasteiger partial charge in [0.1, 0.15) is 5.75 Å². The van der Waals surface area contributed by atoms with Gasteiger partial charge in [-0.25, -0.2) is 0 Å². The number of aliphatic hydroxyl groups excluding tert-OH is 1. The number of methoxy groups -OCH3 is 1. The van der Waals surface area contributed by atoms with Crippen LogP contribution in [0, 0.1) is 0 Å². The maximum absolute atomic E-state index is 9.63. The van der Waals surface area contributed by atoms with Crippen LogP contribution in [0.3, 0.4) is 0 Å². The molecule has 0 amide bonds. The molecule has 0 heterocycles. The molecule has 0 aromatic heterocycles. The number of nitrogens with one attached hydrogen (secondary N) is 2. The lowest BCUT2D eigenvalue weighted by molar-refractivity contribution is 0.265. The van der Waals surface area contributed by atoms with Gasteiger partial charge in [0.2, 0.25) is 0 Å². The zero-order chi connectivity index (χ0) is 17.9. The maximum atomic E-state index is 9.63. The topological polar surface area (TPSA) is 65.9 Å². The van der Waals surface area contributed by atoms with Gasteiger partial charge in [-0.1, -0.05) is 42.5 Å². The fourth-order valence-corrected chi connectivity index (χ4v) is 2.61. The van der Waals surface area contributed by atoms with Crippen molar-refractivity contribution in [2.24, 2.45) is 4.99 Å². The number of aliphatic hydroxyl groups is 1. The number of ether oxygens (including phenoxy) is 1. The molecule has 0 aliphatic rings. The predicted molar refractivity (Wildman–Crippen MR) is 102 cm³/mol. The number of guanidine groups is 1. The van der Waals surface area contributed by atoms with Gasteiger partial charge >= 0.3 is 0 Å². The highest BCUT2D eigenvalue weighted by molar-refractivity contribution is 5.79. The Morgan fingerprint density at radius 3 is 2.60 bits per heavy atom. The van der Waals surface area contributed by atoms with Crippen LogP contribution in [0.2, 0.25) is 0 Å². The third-order valence-electron chi connectivity index (χ3n) is 4.07. The quantitative estimate of drug-likeness (QED) is 0.509. The van der Waals surface area contributed by atoms with E-state index < -0.39 is 0 Å². The van der Waals surface area contributed by atoms with Gasteiger partial charge in [-0.05, 0) is 29.7 Å². The summed E-state index contributed by atoms with van der Waals surface area (Å²) in [7, 11) is 3.42. The summed E-state index contributed by atoms with van der Waals surface area (Å²) < 4.78 is 5.24. The molecule has 0 spiro atoms. The zero-order valence-corrected chi connectivity index (χ0v) is 14.9. The average Bonchev–Trinajstić information content (AvgIpc) is 2.68. The van der Waals surface area contributed by atoms with Gasteiger partial charge < -0.3 is 20.5 Å². The van der Waals surface area contributed by atoms with Crippen LogP contribution < -0.4 is 15.4 Å². The summed E-state index contributed by atoms with van der Waals surface area (Å²) in [6, 6.07) is 18.1. The van der Waals surface area contributed by atoms with Crippen molar-refractivity contribution in [2.45, 2.75) is 12.3 Å². The van der Waals surface area contributed by atoms with E-state index in [1.807, 2.05) is 48.5 Å². The first-order valence-corrected chi connectivity index (χ1v) is 8.50. The largest absolute Gasteiger partial charge is 0.497 e. The number of hydrogen-bond acceptors (Lipinski definition) is 3. The second-order valence-corrected chi connectivity index (χ2v) is 5.77. The molecule has 0 saturated heterocycles. The minimum Gasteiger partial charge on any atom is -0.497 e. The van der Waals surface area contributed by atoms with E-state index in [-0.39, 0.29) is 12.5 Å². The smallest absolute Gasteiger partial charge is 0.191 e. The Morgan fingerprint density at radius 1 is 1.12 bits per heavy atom. The van der Waals surface area contributed by atoms with Crippen LogP contribution in [0.25, 0.3) is 0 Å². The Bertz CT molecular complexity index is 659. The molecule has 0 aliphatic carbocycles. The van der Waals surface area contributed by atoms with Crippen molar-refractivity contribution in [1.82, 2.24) is 10.6 Å². The summed E-state index contributed by atoms with van der Waals surface area (Å²) in [6.45, 7) is 1.49. The molecule has 2 rings (SSSR count). The van der Waals surface area contributed by atoms with E-state index in [1.165, 1.54) is 5.56 Å². The SMILES string of the molecule is CN=C(NCCc1cccc(OC)c1)NCC(CO)c1ccccc1. The van der Waals surface area contributed by atoms with Crippen molar-refractivity contribution in [3.63, 3.8) is 0 Å². The first-order chi connectivity index (χ1) is 12.3. The molecule has 0 saturated carbocycles. The van der Waals surface area contributed by atoms with Crippen molar-refractivity contribution in [3.05, 3.63) is 65.7 Å². The predicted octanol–water partition coefficient (Wildman–Crippen LogP) is 2.18. The standard InChI is InChI=1S/C20H27N3O2/c1-21-20(22-12-11-16-7-6-10-19(13-16)25-2)23-14-18(15-24)17-8-4-3-5-9-17/h3-10,13,18,24H,11-12,14-15H2,1-2H3,(H2,21,22,23). The van der Waals surface area contributed by atoms with Gasteiger partial charge in [-0.3, -0.25) is 4.99 Å². The highest BCUT2D eigenvalue weighted by atomic mass is 16.5. The Labute approximate surface area is 149 Å². The second-order valence-electron chi connectivity index (χ2n) is 5.77. The molecular formula is C20H27N3O2. The highest BCUT2D eigenvalue weighted by Gasteiger charge is 2.10. The van der Waals surface area contributed by atoms with Crippen LogP contribution in [0.4, 0.5) is 0 Å². The van der Waals surface area contributed by atoms with Gasteiger partial charge in [0.15, 0.2) is 5.96 Å². The van der Waals surface area contributed by atoms with E-state index in [9.17, 15) is 5.11 Å². The Kier molecular flexibility index (Phi) is 7.79. The van der Waals surface area contributed by atoms with Crippen molar-refractivity contribution in [2.75, 3.05) is 33.9 Å². The average molecular weight is 341 g/mol. The number of rotatable bonds is 8. The van der Waals surface area contributed by atoms with E-state index >= 15 is 0 Å². The molecule has 0 bridgehead atoms. The third-order valence-corrected chi connectivity index (χ3v) is 4.07. The summed E-state index contributed by atoms with van der Waals surface area (Å²) in [4.78, 5) is 4.24. The van der Waals surface area contributed by atoms with Crippen LogP contribution >= 0.6 is 0 Å². The van der Waals surface area contributed by atoms with E-state index in [2.05, 4.69) is 21.7 Å². The first kappa shape index (κ1) is 18.8. The summed E-state index contributed by atoms with van der Waals surface area (Å²) in [6.07, 6.45) is 0.875. The Morgan fingerprint density at radius 2 is 1.92 bits per heavy atom. The zero-order valence-electron chi connectivity index (χ0n) is 14.9. The summed E-state index contributed by atoms with van der Waals surface area (Å²) in [5, 5.41) is 16.2. The van der Waals surface area contributed by atoms with E-state index in [4.69, 9.17) is 4.74 Å². The second kappa shape index (κ2) is 10.4. The van der Waals surface area contributed by atoms with Crippen molar-refractivity contribution < 1.29 is 9.84 Å². The Balaban J connectivity index is 1.80. The van der Waals surface area contributed by atoms with E-state index in [0.717, 1.165) is 30.2 Å². The molecular weight excluding hydrogens is 314 g/mol. The molecule has 1 unspecified atom stereocenters. The highest BCUT2D eigenvalue weighted by Crippen LogP contribution is 2.14. The fraction of sp³-hybridized carbons (Fsp3) is 0.350. The van der Waals surface area contributed by atoms with Crippen LogP contribution in [0.15, 0.2) is 59.6 Å². The van der Waals surface area contributed by atoms with E-state index in [1.54, 1.807) is 14.2 Å². The van der Waals surface area contributed by atoms with Crippen molar-refractivity contribution >= 4 is 5.96 Å². The normalized spacial score (nSPS) is 12.5. The molecule has 2 aromatic rings. The lowest BCUT2D eigenvalue weighted by Crippen LogP contribution is -2.40. The number of hydrogen-bond donors (Lipinski definition) is 3. The molecule has 5 heteroatoms. The molecule has 134 valence electrons. The third kappa shape index (κ3) is 6.12. The lowest BCUT2D eigenvalue weighted by Gasteiger charge is -2.18. The van der Waals surface area contributed by atoms with Crippen LogP contribution in [-0.2, 0) is 6.42 Å². The molecule has 25 heavy (non-hydrogen) atoms. The minimum absolute atomic E-state index is 0.0399. The van der Waals surface area contributed by atoms with Crippen LogP contribution in [0.5, 0.6) is 5.75 Å². The monoisotopic (exact) mass is 341 g/mol. The number of benzene rings is 2.